The molecule has 1 nitrogen and oxygen atoms in total. The Balaban J connectivity index is 1.48. The molecule has 0 saturated heterocycles. The molecule has 0 amide bonds. The molecule has 1 heteroatoms. The smallest absolute Gasteiger partial charge is 0.00645 e. The van der Waals surface area contributed by atoms with E-state index >= 15 is 0 Å². The highest BCUT2D eigenvalue weighted by Gasteiger charge is 2.27. The fourth-order valence-electron chi connectivity index (χ4n) is 8.23. The average molecular weight is 598 g/mol. The molecule has 0 aromatic heterocycles. The van der Waals surface area contributed by atoms with Gasteiger partial charge in [-0.15, -0.1) is 0 Å². The van der Waals surface area contributed by atoms with Gasteiger partial charge in [-0.1, -0.05) is 125 Å². The van der Waals surface area contributed by atoms with Gasteiger partial charge in [0.1, 0.15) is 0 Å². The second-order valence-electron chi connectivity index (χ2n) is 14.4. The molecule has 4 aromatic rings. The summed E-state index contributed by atoms with van der Waals surface area (Å²) in [6.45, 7) is 9.15. The predicted octanol–water partition coefficient (Wildman–Crippen LogP) is 12.1. The van der Waals surface area contributed by atoms with Crippen molar-refractivity contribution in [3.63, 3.8) is 0 Å². The van der Waals surface area contributed by atoms with E-state index in [1.54, 1.807) is 0 Å². The monoisotopic (exact) mass is 597 g/mol. The standard InChI is InChI=1S/C44H55N/c1-5-31-10-16-35(17-11-31)40-26-24-38(33-14-8-30(4)9-15-33)28-42(40)43-29-39(34-20-22-37(23-21-34)44(45)7-3)25-27-41(43)36-18-12-32(6-2)13-19-36/h10-13,16-19,24-30,33-34,37,44H,5-9,14-15,20-23,45H2,1-4H3. The second kappa shape index (κ2) is 14.5. The van der Waals surface area contributed by atoms with Crippen LogP contribution in [0.5, 0.6) is 0 Å². The van der Waals surface area contributed by atoms with Crippen molar-refractivity contribution < 1.29 is 0 Å². The summed E-state index contributed by atoms with van der Waals surface area (Å²) in [5.74, 6) is 2.80. The molecule has 6 rings (SSSR count). The van der Waals surface area contributed by atoms with Gasteiger partial charge in [-0.3, -0.25) is 0 Å². The van der Waals surface area contributed by atoms with Crippen molar-refractivity contribution >= 4 is 0 Å². The third kappa shape index (κ3) is 7.15. The maximum absolute atomic E-state index is 6.51. The fourth-order valence-corrected chi connectivity index (χ4v) is 8.23. The Morgan fingerprint density at radius 3 is 1.36 bits per heavy atom. The lowest BCUT2D eigenvalue weighted by Crippen LogP contribution is -2.32. The molecule has 236 valence electrons. The maximum Gasteiger partial charge on any atom is 0.00645 e. The third-order valence-corrected chi connectivity index (χ3v) is 11.5. The highest BCUT2D eigenvalue weighted by molar-refractivity contribution is 5.92. The van der Waals surface area contributed by atoms with Crippen molar-refractivity contribution in [1.29, 1.82) is 0 Å². The number of rotatable bonds is 9. The molecular formula is C44H55N. The normalized spacial score (nSPS) is 22.7. The van der Waals surface area contributed by atoms with E-state index in [9.17, 15) is 0 Å². The highest BCUT2D eigenvalue weighted by atomic mass is 14.6. The van der Waals surface area contributed by atoms with Crippen molar-refractivity contribution in [2.75, 3.05) is 0 Å². The first-order chi connectivity index (χ1) is 22.0. The van der Waals surface area contributed by atoms with E-state index in [1.807, 2.05) is 0 Å². The topological polar surface area (TPSA) is 26.0 Å². The molecule has 0 spiro atoms. The van der Waals surface area contributed by atoms with Gasteiger partial charge < -0.3 is 5.73 Å². The molecule has 2 aliphatic carbocycles. The van der Waals surface area contributed by atoms with Gasteiger partial charge in [-0.05, 0) is 137 Å². The molecule has 0 heterocycles. The lowest BCUT2D eigenvalue weighted by molar-refractivity contribution is 0.277. The summed E-state index contributed by atoms with van der Waals surface area (Å²) < 4.78 is 0. The molecule has 45 heavy (non-hydrogen) atoms. The number of nitrogens with two attached hydrogens (primary N) is 1. The molecule has 2 fully saturated rings. The first-order valence-corrected chi connectivity index (χ1v) is 18.2. The summed E-state index contributed by atoms with van der Waals surface area (Å²) in [4.78, 5) is 0. The molecular weight excluding hydrogens is 542 g/mol. The van der Waals surface area contributed by atoms with Crippen LogP contribution < -0.4 is 5.73 Å². The minimum atomic E-state index is 0.349. The Morgan fingerprint density at radius 2 is 0.956 bits per heavy atom. The van der Waals surface area contributed by atoms with Gasteiger partial charge in [0, 0.05) is 6.04 Å². The summed E-state index contributed by atoms with van der Waals surface area (Å²) >= 11 is 0. The molecule has 0 aliphatic heterocycles. The van der Waals surface area contributed by atoms with Crippen LogP contribution in [0.1, 0.15) is 120 Å². The summed E-state index contributed by atoms with van der Waals surface area (Å²) in [6, 6.07) is 33.9. The van der Waals surface area contributed by atoms with Crippen molar-refractivity contribution in [3.8, 4) is 33.4 Å². The zero-order valence-electron chi connectivity index (χ0n) is 28.3. The van der Waals surface area contributed by atoms with E-state index in [1.165, 1.54) is 107 Å². The van der Waals surface area contributed by atoms with Crippen LogP contribution in [-0.2, 0) is 12.8 Å². The molecule has 2 saturated carbocycles. The van der Waals surface area contributed by atoms with Crippen LogP contribution in [0.2, 0.25) is 0 Å². The largest absolute Gasteiger partial charge is 0.327 e. The van der Waals surface area contributed by atoms with Gasteiger partial charge >= 0.3 is 0 Å². The van der Waals surface area contributed by atoms with Crippen molar-refractivity contribution in [3.05, 3.63) is 107 Å². The summed E-state index contributed by atoms with van der Waals surface area (Å²) in [5, 5.41) is 0. The van der Waals surface area contributed by atoms with E-state index in [2.05, 4.69) is 113 Å². The Morgan fingerprint density at radius 1 is 0.533 bits per heavy atom. The maximum atomic E-state index is 6.51. The molecule has 1 atom stereocenters. The molecule has 4 aromatic carbocycles. The average Bonchev–Trinajstić information content (AvgIpc) is 3.11. The van der Waals surface area contributed by atoms with E-state index in [0.717, 1.165) is 25.2 Å². The van der Waals surface area contributed by atoms with Gasteiger partial charge in [0.15, 0.2) is 0 Å². The zero-order valence-corrected chi connectivity index (χ0v) is 28.3. The van der Waals surface area contributed by atoms with Gasteiger partial charge in [0.2, 0.25) is 0 Å². The molecule has 0 radical (unpaired) electrons. The van der Waals surface area contributed by atoms with Gasteiger partial charge in [0.05, 0.1) is 0 Å². The van der Waals surface area contributed by atoms with Crippen LogP contribution >= 0.6 is 0 Å². The van der Waals surface area contributed by atoms with Crippen LogP contribution in [0.15, 0.2) is 84.9 Å². The summed E-state index contributed by atoms with van der Waals surface area (Å²) in [5.41, 5.74) is 20.5. The third-order valence-electron chi connectivity index (χ3n) is 11.5. The quantitative estimate of drug-likeness (QED) is 0.204. The molecule has 0 bridgehead atoms. The summed E-state index contributed by atoms with van der Waals surface area (Å²) in [6.07, 6.45) is 13.5. The molecule has 2 N–H and O–H groups in total. The van der Waals surface area contributed by atoms with Crippen LogP contribution in [0, 0.1) is 11.8 Å². The van der Waals surface area contributed by atoms with Gasteiger partial charge in [-0.2, -0.15) is 0 Å². The SMILES string of the molecule is CCc1ccc(-c2ccc(C3CCC(C)CC3)cc2-c2cc(C3CCC(C(N)CC)CC3)ccc2-c2ccc(CC)cc2)cc1. The lowest BCUT2D eigenvalue weighted by atomic mass is 9.74. The van der Waals surface area contributed by atoms with Crippen molar-refractivity contribution in [1.82, 2.24) is 0 Å². The molecule has 1 unspecified atom stereocenters. The first-order valence-electron chi connectivity index (χ1n) is 18.2. The van der Waals surface area contributed by atoms with Gasteiger partial charge in [0.25, 0.3) is 0 Å². The van der Waals surface area contributed by atoms with E-state index in [0.29, 0.717) is 23.8 Å². The number of aryl methyl sites for hydroxylation is 2. The number of benzene rings is 4. The minimum Gasteiger partial charge on any atom is -0.327 e. The first kappa shape index (κ1) is 31.8. The Labute approximate surface area is 273 Å². The fraction of sp³-hybridized carbons (Fsp3) is 0.455. The molecule has 2 aliphatic rings. The number of hydrogen-bond acceptors (Lipinski definition) is 1. The second-order valence-corrected chi connectivity index (χ2v) is 14.4. The van der Waals surface area contributed by atoms with Crippen molar-refractivity contribution in [2.24, 2.45) is 17.6 Å². The Hall–Kier alpha value is -3.16. The van der Waals surface area contributed by atoms with E-state index in [-0.39, 0.29) is 0 Å². The Bertz CT molecular complexity index is 1530. The van der Waals surface area contributed by atoms with Gasteiger partial charge in [-0.25, -0.2) is 0 Å². The zero-order chi connectivity index (χ0) is 31.3. The van der Waals surface area contributed by atoms with Crippen LogP contribution in [0.4, 0.5) is 0 Å². The van der Waals surface area contributed by atoms with Crippen LogP contribution in [-0.4, -0.2) is 6.04 Å². The van der Waals surface area contributed by atoms with Crippen LogP contribution in [0.25, 0.3) is 33.4 Å². The lowest BCUT2D eigenvalue weighted by Gasteiger charge is -2.32. The highest BCUT2D eigenvalue weighted by Crippen LogP contribution is 2.45. The van der Waals surface area contributed by atoms with Crippen LogP contribution in [0.3, 0.4) is 0 Å². The Kier molecular flexibility index (Phi) is 10.3. The van der Waals surface area contributed by atoms with E-state index < -0.39 is 0 Å². The summed E-state index contributed by atoms with van der Waals surface area (Å²) in [7, 11) is 0. The number of hydrogen-bond donors (Lipinski definition) is 1. The van der Waals surface area contributed by atoms with E-state index in [4.69, 9.17) is 5.73 Å². The predicted molar refractivity (Wildman–Crippen MR) is 195 cm³/mol. The van der Waals surface area contributed by atoms with Crippen molar-refractivity contribution in [2.45, 2.75) is 116 Å². The minimum absolute atomic E-state index is 0.349.